The molecule has 9 nitrogen and oxygen atoms in total. The number of aromatic amines is 1. The number of para-hydroxylation sites is 2. The highest BCUT2D eigenvalue weighted by molar-refractivity contribution is 6.51. The van der Waals surface area contributed by atoms with Gasteiger partial charge in [0, 0.05) is 6.20 Å². The molecule has 0 saturated carbocycles. The fraction of sp³-hybridized carbons (Fsp3) is 0.120. The topological polar surface area (TPSA) is 118 Å². The van der Waals surface area contributed by atoms with E-state index in [0.29, 0.717) is 16.7 Å². The molecular weight excluding hydrogens is 436 g/mol. The summed E-state index contributed by atoms with van der Waals surface area (Å²) in [6.45, 7) is 0. The summed E-state index contributed by atoms with van der Waals surface area (Å²) in [6, 6.07) is 16.3. The molecule has 5 rings (SSSR count). The quantitative estimate of drug-likeness (QED) is 0.268. The molecule has 2 aromatic carbocycles. The Hall–Kier alpha value is -4.66. The number of nitrogens with one attached hydrogen (secondary N) is 1. The normalized spacial score (nSPS) is 17.4. The number of methoxy groups -OCH3 is 2. The number of aromatic nitrogens is 3. The van der Waals surface area contributed by atoms with E-state index in [-0.39, 0.29) is 28.6 Å². The third-order valence-electron chi connectivity index (χ3n) is 5.68. The van der Waals surface area contributed by atoms with E-state index in [1.54, 1.807) is 48.7 Å². The van der Waals surface area contributed by atoms with Gasteiger partial charge in [0.05, 0.1) is 36.5 Å². The Morgan fingerprint density at radius 1 is 0.971 bits per heavy atom. The maximum Gasteiger partial charge on any atom is 0.302 e. The number of carbonyl (C=O) groups is 2. The Bertz CT molecular complexity index is 1390. The van der Waals surface area contributed by atoms with Crippen LogP contribution in [0.2, 0.25) is 0 Å². The molecule has 1 aliphatic rings. The molecule has 0 radical (unpaired) electrons. The number of benzene rings is 2. The predicted molar refractivity (Wildman–Crippen MR) is 125 cm³/mol. The number of aliphatic hydroxyl groups excluding tert-OH is 1. The molecule has 2 N–H and O–H groups in total. The first kappa shape index (κ1) is 21.2. The number of hydrogen-bond acceptors (Lipinski definition) is 7. The average Bonchev–Trinajstić information content (AvgIpc) is 3.42. The number of anilines is 1. The average molecular weight is 456 g/mol. The number of nitrogens with zero attached hydrogens (tertiary/aromatic N) is 3. The fourth-order valence-electron chi connectivity index (χ4n) is 4.14. The minimum atomic E-state index is -1.03. The van der Waals surface area contributed by atoms with Crippen LogP contribution in [0, 0.1) is 0 Å². The van der Waals surface area contributed by atoms with E-state index in [1.807, 2.05) is 18.2 Å². The van der Waals surface area contributed by atoms with Crippen LogP contribution in [0.1, 0.15) is 17.3 Å². The smallest absolute Gasteiger partial charge is 0.302 e. The summed E-state index contributed by atoms with van der Waals surface area (Å²) in [5.74, 6) is -1.41. The van der Waals surface area contributed by atoms with Crippen LogP contribution in [0.5, 0.6) is 11.5 Å². The number of H-pyrrole nitrogens is 1. The third-order valence-corrected chi connectivity index (χ3v) is 5.68. The summed E-state index contributed by atoms with van der Waals surface area (Å²) in [6.07, 6.45) is 1.55. The van der Waals surface area contributed by atoms with Crippen LogP contribution in [-0.2, 0) is 9.59 Å². The Morgan fingerprint density at radius 2 is 1.68 bits per heavy atom. The molecule has 2 aromatic heterocycles. The van der Waals surface area contributed by atoms with Crippen molar-refractivity contribution in [2.45, 2.75) is 6.04 Å². The van der Waals surface area contributed by atoms with E-state index in [4.69, 9.17) is 9.47 Å². The van der Waals surface area contributed by atoms with Gasteiger partial charge in [0.25, 0.3) is 5.78 Å². The lowest BCUT2D eigenvalue weighted by Crippen LogP contribution is -2.30. The highest BCUT2D eigenvalue weighted by Crippen LogP contribution is 2.44. The molecule has 1 fully saturated rings. The number of ether oxygens (including phenoxy) is 2. The first-order valence-corrected chi connectivity index (χ1v) is 10.4. The van der Waals surface area contributed by atoms with E-state index >= 15 is 0 Å². The number of ketones is 1. The van der Waals surface area contributed by atoms with Gasteiger partial charge in [0.2, 0.25) is 5.95 Å². The fourth-order valence-corrected chi connectivity index (χ4v) is 4.14. The summed E-state index contributed by atoms with van der Waals surface area (Å²) < 4.78 is 10.8. The second kappa shape index (κ2) is 8.36. The Kier molecular flexibility index (Phi) is 5.21. The SMILES string of the molecule is COc1cccc(OC)c1/C(O)=C1\C(=O)C(=O)N(c2nc3ccccc3[nH]2)C1c1ccccn1. The molecule has 1 atom stereocenters. The Labute approximate surface area is 194 Å². The summed E-state index contributed by atoms with van der Waals surface area (Å²) in [4.78, 5) is 39.8. The first-order valence-electron chi connectivity index (χ1n) is 10.4. The number of amides is 1. The van der Waals surface area contributed by atoms with Crippen molar-refractivity contribution >= 4 is 34.4 Å². The Morgan fingerprint density at radius 3 is 2.32 bits per heavy atom. The molecule has 1 unspecified atom stereocenters. The summed E-state index contributed by atoms with van der Waals surface area (Å²) >= 11 is 0. The predicted octanol–water partition coefficient (Wildman–Crippen LogP) is 3.60. The number of carbonyl (C=O) groups excluding carboxylic acids is 2. The van der Waals surface area contributed by atoms with Crippen molar-refractivity contribution in [2.24, 2.45) is 0 Å². The molecule has 3 heterocycles. The number of hydrogen-bond donors (Lipinski definition) is 2. The van der Waals surface area contributed by atoms with Crippen LogP contribution >= 0.6 is 0 Å². The standard InChI is InChI=1S/C25H20N4O5/c1-33-17-11-7-12-18(34-2)19(17)22(30)20-21(16-10-5-6-13-26-16)29(24(32)23(20)31)25-27-14-8-3-4-9-15(14)28-25/h3-13,21,30H,1-2H3,(H,27,28)/b22-20+. The van der Waals surface area contributed by atoms with Crippen LogP contribution < -0.4 is 14.4 Å². The number of imidazole rings is 1. The number of pyridine rings is 1. The number of aliphatic hydroxyl groups is 1. The van der Waals surface area contributed by atoms with Crippen LogP contribution in [0.25, 0.3) is 16.8 Å². The van der Waals surface area contributed by atoms with E-state index < -0.39 is 23.5 Å². The molecule has 1 saturated heterocycles. The van der Waals surface area contributed by atoms with Gasteiger partial charge in [-0.05, 0) is 36.4 Å². The highest BCUT2D eigenvalue weighted by Gasteiger charge is 2.49. The lowest BCUT2D eigenvalue weighted by molar-refractivity contribution is -0.132. The Balaban J connectivity index is 1.77. The molecule has 170 valence electrons. The summed E-state index contributed by atoms with van der Waals surface area (Å²) in [7, 11) is 2.88. The van der Waals surface area contributed by atoms with E-state index in [1.165, 1.54) is 19.1 Å². The van der Waals surface area contributed by atoms with Gasteiger partial charge in [-0.3, -0.25) is 19.5 Å². The second-order valence-corrected chi connectivity index (χ2v) is 7.54. The number of Topliss-reactive ketones (excluding diaryl/α,β-unsaturated/α-hetero) is 1. The van der Waals surface area contributed by atoms with E-state index in [2.05, 4.69) is 15.0 Å². The van der Waals surface area contributed by atoms with Crippen molar-refractivity contribution in [3.63, 3.8) is 0 Å². The highest BCUT2D eigenvalue weighted by atomic mass is 16.5. The van der Waals surface area contributed by atoms with Gasteiger partial charge >= 0.3 is 5.91 Å². The van der Waals surface area contributed by atoms with Crippen LogP contribution in [0.15, 0.2) is 72.4 Å². The third kappa shape index (κ3) is 3.25. The lowest BCUT2D eigenvalue weighted by atomic mass is 9.97. The van der Waals surface area contributed by atoms with Crippen LogP contribution in [0.4, 0.5) is 5.95 Å². The van der Waals surface area contributed by atoms with Gasteiger partial charge in [0.15, 0.2) is 0 Å². The maximum absolute atomic E-state index is 13.3. The second-order valence-electron chi connectivity index (χ2n) is 7.54. The van der Waals surface area contributed by atoms with Gasteiger partial charge in [-0.1, -0.05) is 24.3 Å². The number of rotatable bonds is 5. The van der Waals surface area contributed by atoms with Crippen molar-refractivity contribution in [3.8, 4) is 11.5 Å². The van der Waals surface area contributed by atoms with Crippen LogP contribution in [0.3, 0.4) is 0 Å². The van der Waals surface area contributed by atoms with E-state index in [0.717, 1.165) is 0 Å². The molecule has 34 heavy (non-hydrogen) atoms. The minimum Gasteiger partial charge on any atom is -0.506 e. The van der Waals surface area contributed by atoms with Crippen molar-refractivity contribution in [1.82, 2.24) is 15.0 Å². The summed E-state index contributed by atoms with van der Waals surface area (Å²) in [5.41, 5.74) is 1.73. The van der Waals surface area contributed by atoms with Gasteiger partial charge < -0.3 is 19.6 Å². The van der Waals surface area contributed by atoms with Gasteiger partial charge in [-0.2, -0.15) is 0 Å². The monoisotopic (exact) mass is 456 g/mol. The molecular formula is C25H20N4O5. The van der Waals surface area contributed by atoms with Gasteiger partial charge in [-0.25, -0.2) is 4.98 Å². The zero-order chi connectivity index (χ0) is 23.8. The molecule has 1 amide bonds. The first-order chi connectivity index (χ1) is 16.5. The van der Waals surface area contributed by atoms with Crippen molar-refractivity contribution in [2.75, 3.05) is 19.1 Å². The van der Waals surface area contributed by atoms with Crippen molar-refractivity contribution in [1.29, 1.82) is 0 Å². The molecule has 0 aliphatic carbocycles. The van der Waals surface area contributed by atoms with Gasteiger partial charge in [0.1, 0.15) is 28.9 Å². The molecule has 0 bridgehead atoms. The zero-order valence-corrected chi connectivity index (χ0v) is 18.4. The van der Waals surface area contributed by atoms with Gasteiger partial charge in [-0.15, -0.1) is 0 Å². The minimum absolute atomic E-state index is 0.146. The molecule has 9 heteroatoms. The van der Waals surface area contributed by atoms with Crippen molar-refractivity contribution < 1.29 is 24.2 Å². The lowest BCUT2D eigenvalue weighted by Gasteiger charge is -2.22. The molecule has 0 spiro atoms. The molecule has 4 aromatic rings. The maximum atomic E-state index is 13.3. The zero-order valence-electron chi connectivity index (χ0n) is 18.4. The van der Waals surface area contributed by atoms with Crippen molar-refractivity contribution in [3.05, 3.63) is 83.7 Å². The summed E-state index contributed by atoms with van der Waals surface area (Å²) in [5, 5.41) is 11.4. The largest absolute Gasteiger partial charge is 0.506 e. The van der Waals surface area contributed by atoms with E-state index in [9.17, 15) is 14.7 Å². The van der Waals surface area contributed by atoms with Crippen LogP contribution in [-0.4, -0.2) is 46.0 Å². The molecule has 1 aliphatic heterocycles. The number of fused-ring (bicyclic) bond motifs is 1.